The Bertz CT molecular complexity index is 173. The average molecular weight is 202 g/mol. The summed E-state index contributed by atoms with van der Waals surface area (Å²) in [6.45, 7) is 9.19. The van der Waals surface area contributed by atoms with Crippen molar-refractivity contribution in [3.63, 3.8) is 0 Å². The first-order chi connectivity index (χ1) is 4.56. The molecule has 11 heavy (non-hydrogen) atoms. The summed E-state index contributed by atoms with van der Waals surface area (Å²) in [4.78, 5) is 0. The second kappa shape index (κ2) is 5.04. The van der Waals surface area contributed by atoms with Gasteiger partial charge in [0, 0.05) is 33.9 Å². The molecule has 0 aliphatic carbocycles. The van der Waals surface area contributed by atoms with Crippen LogP contribution in [-0.4, -0.2) is 46.7 Å². The van der Waals surface area contributed by atoms with Crippen molar-refractivity contribution < 1.29 is 17.2 Å². The molecule has 0 aromatic heterocycles. The normalized spacial score (nSPS) is 11.8. The highest BCUT2D eigenvalue weighted by molar-refractivity contribution is 7.80. The lowest BCUT2D eigenvalue weighted by molar-refractivity contribution is 0.314. The first-order valence-electron chi connectivity index (χ1n) is 2.86. The van der Waals surface area contributed by atoms with Crippen LogP contribution in [0.1, 0.15) is 0 Å². The summed E-state index contributed by atoms with van der Waals surface area (Å²) in [5, 5.41) is 0. The van der Waals surface area contributed by atoms with Gasteiger partial charge in [-0.2, -0.15) is 0 Å². The summed E-state index contributed by atoms with van der Waals surface area (Å²) in [7, 11) is -3.99. The highest BCUT2D eigenvalue weighted by atomic mass is 32.3. The summed E-state index contributed by atoms with van der Waals surface area (Å²) in [5.41, 5.74) is 0. The molecule has 0 aromatic rings. The van der Waals surface area contributed by atoms with Crippen molar-refractivity contribution >= 4 is 17.7 Å². The van der Waals surface area contributed by atoms with Crippen molar-refractivity contribution in [2.75, 3.05) is 33.8 Å². The highest BCUT2D eigenvalue weighted by Crippen LogP contribution is 2.40. The van der Waals surface area contributed by atoms with E-state index in [9.17, 15) is 13.0 Å². The van der Waals surface area contributed by atoms with Gasteiger partial charge in [-0.15, -0.1) is 0 Å². The molecule has 70 valence electrons. The minimum atomic E-state index is -4.41. The summed E-state index contributed by atoms with van der Waals surface area (Å²) in [5.74, 6) is 0. The molecule has 0 fully saturated rings. The maximum atomic E-state index is 9.22. The SMILES string of the molecule is COS(=O)(=O)[O-].C[P+](C)(C)C. The van der Waals surface area contributed by atoms with E-state index >= 15 is 0 Å². The Morgan fingerprint density at radius 2 is 1.27 bits per heavy atom. The molecule has 0 N–H and O–H groups in total. The Labute approximate surface area is 69.2 Å². The second-order valence-corrected chi connectivity index (χ2v) is 9.77. The van der Waals surface area contributed by atoms with E-state index in [1.807, 2.05) is 0 Å². The molecule has 0 saturated heterocycles. The Balaban J connectivity index is 0. The van der Waals surface area contributed by atoms with Gasteiger partial charge in [0.15, 0.2) is 0 Å². The van der Waals surface area contributed by atoms with Crippen LogP contribution in [0.25, 0.3) is 0 Å². The van der Waals surface area contributed by atoms with Crippen LogP contribution in [0.3, 0.4) is 0 Å². The molecule has 0 aromatic carbocycles. The van der Waals surface area contributed by atoms with Gasteiger partial charge in [-0.1, -0.05) is 0 Å². The van der Waals surface area contributed by atoms with E-state index in [0.717, 1.165) is 7.11 Å². The Hall–Kier alpha value is 0.300. The van der Waals surface area contributed by atoms with Crippen molar-refractivity contribution in [2.45, 2.75) is 0 Å². The van der Waals surface area contributed by atoms with E-state index in [0.29, 0.717) is 0 Å². The fourth-order valence-electron chi connectivity index (χ4n) is 0. The maximum Gasteiger partial charge on any atom is 0.217 e. The van der Waals surface area contributed by atoms with Crippen molar-refractivity contribution in [3.8, 4) is 0 Å². The van der Waals surface area contributed by atoms with Crippen molar-refractivity contribution in [2.24, 2.45) is 0 Å². The van der Waals surface area contributed by atoms with Gasteiger partial charge in [0.05, 0.1) is 7.11 Å². The quantitative estimate of drug-likeness (QED) is 0.355. The standard InChI is InChI=1S/C4H12P.CH4O4S/c1-5(2,3)4;1-5-6(2,3)4/h1-4H3;1H3,(H,2,3,4)/q+1;/p-1. The van der Waals surface area contributed by atoms with Gasteiger partial charge in [-0.3, -0.25) is 4.18 Å². The Kier molecular flexibility index (Phi) is 6.35. The molecule has 0 aliphatic heterocycles. The van der Waals surface area contributed by atoms with Crippen molar-refractivity contribution in [1.82, 2.24) is 0 Å². The third kappa shape index (κ3) is 65.2. The van der Waals surface area contributed by atoms with Crippen molar-refractivity contribution in [3.05, 3.63) is 0 Å². The zero-order chi connectivity index (χ0) is 9.71. The third-order valence-corrected chi connectivity index (χ3v) is 0.612. The number of hydrogen-bond acceptors (Lipinski definition) is 4. The van der Waals surface area contributed by atoms with Crippen LogP contribution < -0.4 is 0 Å². The van der Waals surface area contributed by atoms with Gasteiger partial charge in [0.1, 0.15) is 0 Å². The van der Waals surface area contributed by atoms with Gasteiger partial charge >= 0.3 is 0 Å². The number of rotatable bonds is 1. The van der Waals surface area contributed by atoms with Crippen LogP contribution in [0.15, 0.2) is 0 Å². The van der Waals surface area contributed by atoms with Gasteiger partial charge in [0.25, 0.3) is 0 Å². The summed E-state index contributed by atoms with van der Waals surface area (Å²) in [6, 6.07) is 0. The zero-order valence-electron chi connectivity index (χ0n) is 7.49. The topological polar surface area (TPSA) is 66.4 Å². The molecule has 0 atom stereocenters. The van der Waals surface area contributed by atoms with Crippen LogP contribution >= 0.6 is 7.26 Å². The van der Waals surface area contributed by atoms with E-state index in [1.54, 1.807) is 0 Å². The van der Waals surface area contributed by atoms with E-state index in [-0.39, 0.29) is 7.26 Å². The van der Waals surface area contributed by atoms with Gasteiger partial charge in [-0.25, -0.2) is 8.42 Å². The molecule has 0 saturated carbocycles. The predicted octanol–water partition coefficient (Wildman–Crippen LogP) is 0.616. The molecule has 0 rings (SSSR count). The van der Waals surface area contributed by atoms with E-state index in [4.69, 9.17) is 0 Å². The second-order valence-electron chi connectivity index (χ2n) is 3.26. The van der Waals surface area contributed by atoms with E-state index in [1.165, 1.54) is 0 Å². The van der Waals surface area contributed by atoms with Crippen LogP contribution in [-0.2, 0) is 14.6 Å². The molecular formula is C5H15O4PS. The molecule has 0 aliphatic rings. The van der Waals surface area contributed by atoms with E-state index in [2.05, 4.69) is 30.8 Å². The minimum Gasteiger partial charge on any atom is -0.726 e. The fraction of sp³-hybridized carbons (Fsp3) is 1.00. The molecule has 0 bridgehead atoms. The molecule has 0 amide bonds. The monoisotopic (exact) mass is 202 g/mol. The summed E-state index contributed by atoms with van der Waals surface area (Å²) >= 11 is 0. The molecule has 0 spiro atoms. The lowest BCUT2D eigenvalue weighted by atomic mass is 11.8. The first kappa shape index (κ1) is 13.9. The van der Waals surface area contributed by atoms with Gasteiger partial charge < -0.3 is 4.55 Å². The maximum absolute atomic E-state index is 9.22. The van der Waals surface area contributed by atoms with E-state index < -0.39 is 10.4 Å². The van der Waals surface area contributed by atoms with Crippen LogP contribution in [0.4, 0.5) is 0 Å². The third-order valence-electron chi connectivity index (χ3n) is 0.204. The molecular weight excluding hydrogens is 187 g/mol. The molecule has 4 nitrogen and oxygen atoms in total. The minimum absolute atomic E-state index is 0.389. The molecule has 6 heteroatoms. The zero-order valence-corrected chi connectivity index (χ0v) is 9.20. The summed E-state index contributed by atoms with van der Waals surface area (Å²) in [6.07, 6.45) is 0. The Morgan fingerprint density at radius 3 is 1.27 bits per heavy atom. The van der Waals surface area contributed by atoms with Gasteiger partial charge in [-0.05, 0) is 0 Å². The first-order valence-corrected chi connectivity index (χ1v) is 7.77. The smallest absolute Gasteiger partial charge is 0.217 e. The summed E-state index contributed by atoms with van der Waals surface area (Å²) < 4.78 is 31.0. The van der Waals surface area contributed by atoms with Crippen LogP contribution in [0.5, 0.6) is 0 Å². The number of hydrogen-bond donors (Lipinski definition) is 0. The molecule has 0 radical (unpaired) electrons. The van der Waals surface area contributed by atoms with Crippen LogP contribution in [0.2, 0.25) is 0 Å². The predicted molar refractivity (Wildman–Crippen MR) is 47.3 cm³/mol. The highest BCUT2D eigenvalue weighted by Gasteiger charge is 2.03. The largest absolute Gasteiger partial charge is 0.726 e. The van der Waals surface area contributed by atoms with Crippen molar-refractivity contribution in [1.29, 1.82) is 0 Å². The van der Waals surface area contributed by atoms with Crippen LogP contribution in [0, 0.1) is 0 Å². The fourth-order valence-corrected chi connectivity index (χ4v) is 0. The molecule has 0 unspecified atom stereocenters. The average Bonchev–Trinajstić information content (AvgIpc) is 1.59. The lowest BCUT2D eigenvalue weighted by Crippen LogP contribution is -1.97. The Morgan fingerprint density at radius 1 is 1.18 bits per heavy atom. The molecule has 0 heterocycles. The lowest BCUT2D eigenvalue weighted by Gasteiger charge is -1.98. The van der Waals surface area contributed by atoms with Gasteiger partial charge in [0.2, 0.25) is 10.4 Å².